The summed E-state index contributed by atoms with van der Waals surface area (Å²) in [5, 5.41) is 9.30. The first-order valence-corrected chi connectivity index (χ1v) is 4.94. The smallest absolute Gasteiger partial charge is 0.203 e. The highest BCUT2D eigenvalue weighted by molar-refractivity contribution is 6.23. The van der Waals surface area contributed by atoms with E-state index < -0.39 is 11.5 Å². The maximum atomic E-state index is 13.2. The van der Waals surface area contributed by atoms with Gasteiger partial charge in [-0.2, -0.15) is 0 Å². The third kappa shape index (κ3) is 1.94. The Kier molecular flexibility index (Phi) is 2.70. The molecule has 0 amide bonds. The zero-order valence-electron chi connectivity index (χ0n) is 8.14. The topological polar surface area (TPSA) is 61.8 Å². The number of nitrogens with zero attached hydrogens (tertiary/aromatic N) is 2. The van der Waals surface area contributed by atoms with Gasteiger partial charge in [0, 0.05) is 18.0 Å². The van der Waals surface area contributed by atoms with Crippen LogP contribution in [-0.2, 0) is 0 Å². The number of halogens is 2. The van der Waals surface area contributed by atoms with Crippen molar-refractivity contribution < 1.29 is 9.50 Å². The van der Waals surface area contributed by atoms with E-state index in [4.69, 9.17) is 17.3 Å². The Morgan fingerprint density at radius 2 is 2.25 bits per heavy atom. The second-order valence-corrected chi connectivity index (χ2v) is 3.62. The number of hydrogen-bond acceptors (Lipinski definition) is 4. The molecule has 4 nitrogen and oxygen atoms in total. The number of phenolic OH excluding ortho intramolecular Hbond substituents is 1. The molecule has 1 unspecified atom stereocenters. The summed E-state index contributed by atoms with van der Waals surface area (Å²) in [4.78, 5) is 5.08. The van der Waals surface area contributed by atoms with Gasteiger partial charge >= 0.3 is 0 Å². The summed E-state index contributed by atoms with van der Waals surface area (Å²) in [6.07, 6.45) is 1.15. The number of alkyl halides is 1. The summed E-state index contributed by atoms with van der Waals surface area (Å²) in [6.45, 7) is 0. The van der Waals surface area contributed by atoms with E-state index >= 15 is 0 Å². The predicted octanol–water partition coefficient (Wildman–Crippen LogP) is 1.90. The third-order valence-corrected chi connectivity index (χ3v) is 2.41. The Bertz CT molecular complexity index is 475. The van der Waals surface area contributed by atoms with Crippen LogP contribution in [0, 0.1) is 0 Å². The number of hydrogen-bond donors (Lipinski definition) is 2. The molecule has 1 aromatic rings. The molecular formula is C10H9ClFN3O. The van der Waals surface area contributed by atoms with Crippen LogP contribution in [0.15, 0.2) is 41.3 Å². The summed E-state index contributed by atoms with van der Waals surface area (Å²) in [7, 11) is 0. The zero-order chi connectivity index (χ0) is 11.7. The minimum Gasteiger partial charge on any atom is -0.508 e. The van der Waals surface area contributed by atoms with Gasteiger partial charge in [-0.1, -0.05) is 17.7 Å². The molecule has 84 valence electrons. The molecule has 0 radical (unpaired) electrons. The molecule has 1 atom stereocenters. The molecule has 3 N–H and O–H groups in total. The van der Waals surface area contributed by atoms with Crippen LogP contribution in [0.2, 0.25) is 0 Å². The highest BCUT2D eigenvalue weighted by atomic mass is 35.5. The molecule has 0 saturated heterocycles. The first-order chi connectivity index (χ1) is 7.58. The lowest BCUT2D eigenvalue weighted by Crippen LogP contribution is -2.32. The molecule has 0 spiro atoms. The number of benzene rings is 1. The van der Waals surface area contributed by atoms with Gasteiger partial charge in [0.2, 0.25) is 5.62 Å². The van der Waals surface area contributed by atoms with Crippen molar-refractivity contribution in [2.75, 3.05) is 4.90 Å². The molecule has 16 heavy (non-hydrogen) atoms. The van der Waals surface area contributed by atoms with Crippen molar-refractivity contribution in [2.45, 2.75) is 5.62 Å². The van der Waals surface area contributed by atoms with Gasteiger partial charge in [-0.15, -0.1) is 0 Å². The molecule has 0 aromatic heterocycles. The Hall–Kier alpha value is -1.75. The molecule has 0 fully saturated rings. The molecule has 0 aliphatic carbocycles. The van der Waals surface area contributed by atoms with E-state index in [9.17, 15) is 9.50 Å². The van der Waals surface area contributed by atoms with Crippen LogP contribution >= 0.6 is 11.6 Å². The fourth-order valence-corrected chi connectivity index (χ4v) is 1.61. The second-order valence-electron chi connectivity index (χ2n) is 3.23. The van der Waals surface area contributed by atoms with Crippen LogP contribution in [0.5, 0.6) is 5.75 Å². The molecular weight excluding hydrogens is 233 g/mol. The molecule has 2 rings (SSSR count). The normalized spacial score (nSPS) is 20.4. The van der Waals surface area contributed by atoms with Crippen LogP contribution in [0.4, 0.5) is 10.1 Å². The highest BCUT2D eigenvalue weighted by Crippen LogP contribution is 2.27. The Morgan fingerprint density at radius 3 is 2.94 bits per heavy atom. The molecule has 0 saturated carbocycles. The molecule has 6 heteroatoms. The first-order valence-electron chi connectivity index (χ1n) is 4.50. The quantitative estimate of drug-likeness (QED) is 0.583. The standard InChI is InChI=1S/C10H9ClFN3O/c11-10-14-9(13)8(12)5-15(10)6-2-1-3-7(16)4-6/h1-5,10,16H,(H2,13,14). The number of nitrogens with two attached hydrogens (primary N) is 1. The van der Waals surface area contributed by atoms with E-state index in [2.05, 4.69) is 4.99 Å². The number of aromatic hydroxyl groups is 1. The first kappa shape index (κ1) is 10.8. The number of phenols is 1. The van der Waals surface area contributed by atoms with E-state index in [0.29, 0.717) is 5.69 Å². The van der Waals surface area contributed by atoms with Crippen molar-refractivity contribution in [1.82, 2.24) is 0 Å². The average Bonchev–Trinajstić information content (AvgIpc) is 2.23. The Balaban J connectivity index is 2.36. The minimum atomic E-state index is -0.818. The molecule has 0 bridgehead atoms. The van der Waals surface area contributed by atoms with Gasteiger partial charge in [0.15, 0.2) is 11.7 Å². The van der Waals surface area contributed by atoms with Gasteiger partial charge in [0.1, 0.15) is 5.75 Å². The van der Waals surface area contributed by atoms with E-state index in [1.807, 2.05) is 0 Å². The summed E-state index contributed by atoms with van der Waals surface area (Å²) in [5.41, 5.74) is 5.00. The van der Waals surface area contributed by atoms with Crippen LogP contribution in [0.25, 0.3) is 0 Å². The summed E-state index contributed by atoms with van der Waals surface area (Å²) in [5.74, 6) is -0.811. The summed E-state index contributed by atoms with van der Waals surface area (Å²) in [6, 6.07) is 6.27. The van der Waals surface area contributed by atoms with Gasteiger partial charge in [-0.25, -0.2) is 9.38 Å². The van der Waals surface area contributed by atoms with Gasteiger partial charge in [-0.3, -0.25) is 0 Å². The van der Waals surface area contributed by atoms with Crippen molar-refractivity contribution in [1.29, 1.82) is 0 Å². The van der Waals surface area contributed by atoms with E-state index in [-0.39, 0.29) is 11.6 Å². The molecule has 1 aliphatic rings. The van der Waals surface area contributed by atoms with E-state index in [1.165, 1.54) is 17.0 Å². The Labute approximate surface area is 96.5 Å². The van der Waals surface area contributed by atoms with Crippen molar-refractivity contribution >= 4 is 23.1 Å². The average molecular weight is 242 g/mol. The lowest BCUT2D eigenvalue weighted by Gasteiger charge is -2.26. The minimum absolute atomic E-state index is 0.0673. The van der Waals surface area contributed by atoms with Crippen LogP contribution in [0.3, 0.4) is 0 Å². The SMILES string of the molecule is NC1=NC(Cl)N(c2cccc(O)c2)C=C1F. The largest absolute Gasteiger partial charge is 0.508 e. The van der Waals surface area contributed by atoms with Crippen molar-refractivity contribution in [3.63, 3.8) is 0 Å². The van der Waals surface area contributed by atoms with Crippen molar-refractivity contribution in [3.05, 3.63) is 36.3 Å². The predicted molar refractivity (Wildman–Crippen MR) is 61.0 cm³/mol. The zero-order valence-corrected chi connectivity index (χ0v) is 8.89. The lowest BCUT2D eigenvalue weighted by atomic mass is 10.2. The number of anilines is 1. The highest BCUT2D eigenvalue weighted by Gasteiger charge is 2.21. The summed E-state index contributed by atoms with van der Waals surface area (Å²) >= 11 is 5.90. The van der Waals surface area contributed by atoms with Crippen molar-refractivity contribution in [2.24, 2.45) is 10.7 Å². The number of rotatable bonds is 1. The van der Waals surface area contributed by atoms with Crippen LogP contribution in [-0.4, -0.2) is 16.6 Å². The maximum Gasteiger partial charge on any atom is 0.203 e. The second kappa shape index (κ2) is 4.02. The van der Waals surface area contributed by atoms with Gasteiger partial charge in [-0.05, 0) is 12.1 Å². The fourth-order valence-electron chi connectivity index (χ4n) is 1.34. The monoisotopic (exact) mass is 241 g/mol. The van der Waals surface area contributed by atoms with E-state index in [0.717, 1.165) is 6.20 Å². The number of aliphatic imine (C=N–C) groups is 1. The van der Waals surface area contributed by atoms with Crippen LogP contribution < -0.4 is 10.6 Å². The molecule has 1 heterocycles. The summed E-state index contributed by atoms with van der Waals surface area (Å²) < 4.78 is 13.2. The number of amidine groups is 1. The van der Waals surface area contributed by atoms with E-state index in [1.54, 1.807) is 12.1 Å². The Morgan fingerprint density at radius 1 is 1.50 bits per heavy atom. The lowest BCUT2D eigenvalue weighted by molar-refractivity contribution is 0.475. The molecule has 1 aromatic carbocycles. The maximum absolute atomic E-state index is 13.2. The fraction of sp³-hybridized carbons (Fsp3) is 0.100. The van der Waals surface area contributed by atoms with Gasteiger partial charge in [0.25, 0.3) is 0 Å². The van der Waals surface area contributed by atoms with Gasteiger partial charge < -0.3 is 15.7 Å². The van der Waals surface area contributed by atoms with Gasteiger partial charge in [0.05, 0.1) is 0 Å². The van der Waals surface area contributed by atoms with Crippen molar-refractivity contribution in [3.8, 4) is 5.75 Å². The molecule has 1 aliphatic heterocycles. The third-order valence-electron chi connectivity index (χ3n) is 2.10. The van der Waals surface area contributed by atoms with Crippen LogP contribution in [0.1, 0.15) is 0 Å².